The fraction of sp³-hybridized carbons (Fsp3) is 0.312. The Morgan fingerprint density at radius 3 is 2.21 bits per heavy atom. The summed E-state index contributed by atoms with van der Waals surface area (Å²) in [5.41, 5.74) is 9.76. The molecule has 1 aromatic carbocycles. The van der Waals surface area contributed by atoms with E-state index in [0.29, 0.717) is 5.92 Å². The maximum absolute atomic E-state index is 6.24. The highest BCUT2D eigenvalue weighted by atomic mass is 79.9. The summed E-state index contributed by atoms with van der Waals surface area (Å²) in [5.74, 6) is 0.554. The smallest absolute Gasteiger partial charge is 0.0423 e. The first-order valence-corrected chi connectivity index (χ1v) is 7.31. The SMILES string of the molecule is CC(C)c1ccc(C(N)Cc2ccc(Br)cn2)cc1. The molecule has 1 aromatic heterocycles. The van der Waals surface area contributed by atoms with Crippen molar-refractivity contribution in [3.63, 3.8) is 0 Å². The second-order valence-corrected chi connectivity index (χ2v) is 6.02. The molecule has 2 nitrogen and oxygen atoms in total. The third-order valence-corrected chi connectivity index (χ3v) is 3.72. The van der Waals surface area contributed by atoms with Crippen molar-refractivity contribution in [2.24, 2.45) is 5.73 Å². The zero-order valence-corrected chi connectivity index (χ0v) is 12.9. The lowest BCUT2D eigenvalue weighted by molar-refractivity contribution is 0.705. The number of halogens is 1. The van der Waals surface area contributed by atoms with Gasteiger partial charge in [-0.1, -0.05) is 38.1 Å². The molecule has 0 radical (unpaired) electrons. The van der Waals surface area contributed by atoms with Crippen LogP contribution in [0.1, 0.15) is 42.6 Å². The molecule has 0 saturated carbocycles. The lowest BCUT2D eigenvalue weighted by Gasteiger charge is -2.13. The maximum Gasteiger partial charge on any atom is 0.0423 e. The number of pyridine rings is 1. The first kappa shape index (κ1) is 14.2. The van der Waals surface area contributed by atoms with E-state index < -0.39 is 0 Å². The van der Waals surface area contributed by atoms with Gasteiger partial charge >= 0.3 is 0 Å². The van der Waals surface area contributed by atoms with Crippen LogP contribution >= 0.6 is 15.9 Å². The van der Waals surface area contributed by atoms with Gasteiger partial charge in [0.05, 0.1) is 0 Å². The van der Waals surface area contributed by atoms with E-state index in [4.69, 9.17) is 5.73 Å². The van der Waals surface area contributed by atoms with Gasteiger partial charge in [0.1, 0.15) is 0 Å². The summed E-state index contributed by atoms with van der Waals surface area (Å²) in [4.78, 5) is 4.36. The summed E-state index contributed by atoms with van der Waals surface area (Å²) < 4.78 is 0.992. The molecule has 2 rings (SSSR count). The van der Waals surface area contributed by atoms with Crippen LogP contribution in [0.3, 0.4) is 0 Å². The lowest BCUT2D eigenvalue weighted by Crippen LogP contribution is -2.14. The summed E-state index contributed by atoms with van der Waals surface area (Å²) in [7, 11) is 0. The van der Waals surface area contributed by atoms with Crippen LogP contribution in [0.15, 0.2) is 47.1 Å². The lowest BCUT2D eigenvalue weighted by atomic mass is 9.97. The molecule has 0 aliphatic heterocycles. The Labute approximate surface area is 123 Å². The highest BCUT2D eigenvalue weighted by Gasteiger charge is 2.08. The van der Waals surface area contributed by atoms with Crippen LogP contribution in [0.25, 0.3) is 0 Å². The van der Waals surface area contributed by atoms with E-state index >= 15 is 0 Å². The van der Waals surface area contributed by atoms with E-state index in [1.807, 2.05) is 18.3 Å². The summed E-state index contributed by atoms with van der Waals surface area (Å²) in [5, 5.41) is 0. The van der Waals surface area contributed by atoms with Crippen LogP contribution in [0.4, 0.5) is 0 Å². The quantitative estimate of drug-likeness (QED) is 0.917. The van der Waals surface area contributed by atoms with Crippen molar-refractivity contribution in [3.8, 4) is 0 Å². The van der Waals surface area contributed by atoms with E-state index in [-0.39, 0.29) is 6.04 Å². The predicted octanol–water partition coefficient (Wildman–Crippen LogP) is 4.21. The Kier molecular flexibility index (Phi) is 4.72. The topological polar surface area (TPSA) is 38.9 Å². The molecule has 0 spiro atoms. The van der Waals surface area contributed by atoms with Gasteiger partial charge in [0.2, 0.25) is 0 Å². The minimum atomic E-state index is -0.00473. The Balaban J connectivity index is 2.07. The minimum absolute atomic E-state index is 0.00473. The Morgan fingerprint density at radius 2 is 1.68 bits per heavy atom. The molecule has 1 atom stereocenters. The number of nitrogens with zero attached hydrogens (tertiary/aromatic N) is 1. The van der Waals surface area contributed by atoms with Gasteiger partial charge in [-0.2, -0.15) is 0 Å². The molecule has 0 fully saturated rings. The molecule has 3 heteroatoms. The van der Waals surface area contributed by atoms with Crippen molar-refractivity contribution >= 4 is 15.9 Å². The van der Waals surface area contributed by atoms with Gasteiger partial charge in [-0.15, -0.1) is 0 Å². The van der Waals surface area contributed by atoms with Gasteiger partial charge in [-0.3, -0.25) is 4.98 Å². The van der Waals surface area contributed by atoms with Crippen molar-refractivity contribution in [3.05, 3.63) is 63.9 Å². The number of benzene rings is 1. The van der Waals surface area contributed by atoms with Gasteiger partial charge in [0.25, 0.3) is 0 Å². The average molecular weight is 319 g/mol. The number of hydrogen-bond acceptors (Lipinski definition) is 2. The van der Waals surface area contributed by atoms with Crippen LogP contribution in [-0.4, -0.2) is 4.98 Å². The molecular formula is C16H19BrN2. The maximum atomic E-state index is 6.24. The molecule has 19 heavy (non-hydrogen) atoms. The van der Waals surface area contributed by atoms with Crippen molar-refractivity contribution in [2.45, 2.75) is 32.2 Å². The zero-order valence-electron chi connectivity index (χ0n) is 11.3. The second kappa shape index (κ2) is 6.31. The van der Waals surface area contributed by atoms with E-state index in [0.717, 1.165) is 22.2 Å². The van der Waals surface area contributed by atoms with E-state index in [9.17, 15) is 0 Å². The first-order chi connectivity index (χ1) is 9.06. The standard InChI is InChI=1S/C16H19BrN2/c1-11(2)12-3-5-13(6-4-12)16(18)9-15-8-7-14(17)10-19-15/h3-8,10-11,16H,9,18H2,1-2H3. The Bertz CT molecular complexity index is 517. The van der Waals surface area contributed by atoms with Crippen molar-refractivity contribution in [2.75, 3.05) is 0 Å². The van der Waals surface area contributed by atoms with Crippen LogP contribution in [0.5, 0.6) is 0 Å². The molecule has 0 saturated heterocycles. The third kappa shape index (κ3) is 3.88. The molecule has 1 heterocycles. The zero-order chi connectivity index (χ0) is 13.8. The number of rotatable bonds is 4. The second-order valence-electron chi connectivity index (χ2n) is 5.10. The van der Waals surface area contributed by atoms with Gasteiger partial charge in [-0.05, 0) is 45.1 Å². The van der Waals surface area contributed by atoms with E-state index in [1.165, 1.54) is 5.56 Å². The van der Waals surface area contributed by atoms with Gasteiger partial charge in [-0.25, -0.2) is 0 Å². The minimum Gasteiger partial charge on any atom is -0.324 e. The first-order valence-electron chi connectivity index (χ1n) is 6.52. The highest BCUT2D eigenvalue weighted by Crippen LogP contribution is 2.20. The van der Waals surface area contributed by atoms with Gasteiger partial charge < -0.3 is 5.73 Å². The molecule has 1 unspecified atom stereocenters. The van der Waals surface area contributed by atoms with Gasteiger partial charge in [0.15, 0.2) is 0 Å². The molecule has 0 aliphatic rings. The van der Waals surface area contributed by atoms with Crippen LogP contribution in [-0.2, 0) is 6.42 Å². The third-order valence-electron chi connectivity index (χ3n) is 3.25. The monoisotopic (exact) mass is 318 g/mol. The average Bonchev–Trinajstić information content (AvgIpc) is 2.41. The predicted molar refractivity (Wildman–Crippen MR) is 83.1 cm³/mol. The van der Waals surface area contributed by atoms with Crippen molar-refractivity contribution < 1.29 is 0 Å². The Hall–Kier alpha value is -1.19. The summed E-state index contributed by atoms with van der Waals surface area (Å²) in [6.45, 7) is 4.39. The summed E-state index contributed by atoms with van der Waals surface area (Å²) >= 11 is 3.38. The number of hydrogen-bond donors (Lipinski definition) is 1. The van der Waals surface area contributed by atoms with Crippen molar-refractivity contribution in [1.29, 1.82) is 0 Å². The number of aromatic nitrogens is 1. The molecule has 0 bridgehead atoms. The summed E-state index contributed by atoms with van der Waals surface area (Å²) in [6, 6.07) is 12.6. The Morgan fingerprint density at radius 1 is 1.05 bits per heavy atom. The highest BCUT2D eigenvalue weighted by molar-refractivity contribution is 9.10. The van der Waals surface area contributed by atoms with E-state index in [1.54, 1.807) is 0 Å². The molecule has 2 N–H and O–H groups in total. The molecule has 0 amide bonds. The molecular weight excluding hydrogens is 300 g/mol. The fourth-order valence-electron chi connectivity index (χ4n) is 2.00. The fourth-order valence-corrected chi connectivity index (χ4v) is 2.23. The van der Waals surface area contributed by atoms with E-state index in [2.05, 4.69) is 59.0 Å². The largest absolute Gasteiger partial charge is 0.324 e. The molecule has 100 valence electrons. The normalized spacial score (nSPS) is 12.7. The van der Waals surface area contributed by atoms with Crippen LogP contribution < -0.4 is 5.73 Å². The van der Waals surface area contributed by atoms with Gasteiger partial charge in [0, 0.05) is 28.8 Å². The van der Waals surface area contributed by atoms with Crippen LogP contribution in [0.2, 0.25) is 0 Å². The summed E-state index contributed by atoms with van der Waals surface area (Å²) in [6.07, 6.45) is 2.57. The van der Waals surface area contributed by atoms with Crippen molar-refractivity contribution in [1.82, 2.24) is 4.98 Å². The van der Waals surface area contributed by atoms with Crippen LogP contribution in [0, 0.1) is 0 Å². The number of nitrogens with two attached hydrogens (primary N) is 1. The molecule has 2 aromatic rings. The molecule has 0 aliphatic carbocycles.